The number of aromatic nitrogens is 2. The number of thioether (sulfide) groups is 1. The van der Waals surface area contributed by atoms with Crippen molar-refractivity contribution in [3.05, 3.63) is 30.2 Å². The average Bonchev–Trinajstić information content (AvgIpc) is 3.01. The zero-order chi connectivity index (χ0) is 15.5. The van der Waals surface area contributed by atoms with Crippen LogP contribution >= 0.6 is 11.8 Å². The first-order valence-electron chi connectivity index (χ1n) is 6.68. The minimum absolute atomic E-state index is 0.0177. The fourth-order valence-electron chi connectivity index (χ4n) is 1.80. The molecule has 2 heterocycles. The molecule has 0 fully saturated rings. The van der Waals surface area contributed by atoms with Gasteiger partial charge in [0.15, 0.2) is 11.5 Å². The Morgan fingerprint density at radius 1 is 1.32 bits per heavy atom. The maximum atomic E-state index is 11.5. The van der Waals surface area contributed by atoms with Gasteiger partial charge in [-0.3, -0.25) is 4.79 Å². The first-order valence-corrected chi connectivity index (χ1v) is 7.67. The van der Waals surface area contributed by atoms with Gasteiger partial charge in [-0.25, -0.2) is 0 Å². The Labute approximate surface area is 131 Å². The number of amides is 1. The van der Waals surface area contributed by atoms with Crippen molar-refractivity contribution in [1.82, 2.24) is 15.1 Å². The van der Waals surface area contributed by atoms with Crippen LogP contribution in [-0.4, -0.2) is 47.5 Å². The molecular formula is C14H15N3O4S. The van der Waals surface area contributed by atoms with Crippen molar-refractivity contribution >= 4 is 17.7 Å². The summed E-state index contributed by atoms with van der Waals surface area (Å²) in [6, 6.07) is 7.41. The molecular weight excluding hydrogens is 306 g/mol. The van der Waals surface area contributed by atoms with Crippen LogP contribution in [0.2, 0.25) is 0 Å². The molecule has 0 saturated heterocycles. The van der Waals surface area contributed by atoms with Gasteiger partial charge < -0.3 is 18.8 Å². The summed E-state index contributed by atoms with van der Waals surface area (Å²) in [5.41, 5.74) is 0. The maximum absolute atomic E-state index is 11.5. The van der Waals surface area contributed by atoms with Gasteiger partial charge in [0.05, 0.1) is 5.75 Å². The van der Waals surface area contributed by atoms with Crippen LogP contribution in [0.4, 0.5) is 0 Å². The molecule has 1 amide bonds. The Kier molecular flexibility index (Phi) is 4.19. The Morgan fingerprint density at radius 2 is 2.09 bits per heavy atom. The lowest BCUT2D eigenvalue weighted by molar-refractivity contribution is -0.125. The predicted octanol–water partition coefficient (Wildman–Crippen LogP) is 1.76. The summed E-state index contributed by atoms with van der Waals surface area (Å²) in [6.07, 6.45) is -0.443. The summed E-state index contributed by atoms with van der Waals surface area (Å²) in [6.45, 7) is 0.305. The third-order valence-electron chi connectivity index (χ3n) is 3.02. The first kappa shape index (κ1) is 14.7. The molecule has 0 bridgehead atoms. The Morgan fingerprint density at radius 3 is 2.86 bits per heavy atom. The second-order valence-corrected chi connectivity index (χ2v) is 5.77. The van der Waals surface area contributed by atoms with Crippen LogP contribution in [0.25, 0.3) is 0 Å². The predicted molar refractivity (Wildman–Crippen MR) is 79.0 cm³/mol. The van der Waals surface area contributed by atoms with Gasteiger partial charge in [0.2, 0.25) is 12.0 Å². The van der Waals surface area contributed by atoms with E-state index in [1.807, 2.05) is 24.3 Å². The molecule has 0 saturated carbocycles. The largest absolute Gasteiger partial charge is 0.485 e. The van der Waals surface area contributed by atoms with E-state index in [-0.39, 0.29) is 11.7 Å². The van der Waals surface area contributed by atoms with Crippen molar-refractivity contribution < 1.29 is 18.7 Å². The molecule has 2 aromatic rings. The van der Waals surface area contributed by atoms with E-state index in [2.05, 4.69) is 10.2 Å². The molecule has 3 rings (SSSR count). The number of ether oxygens (including phenoxy) is 2. The minimum Gasteiger partial charge on any atom is -0.485 e. The molecule has 1 aliphatic heterocycles. The second kappa shape index (κ2) is 6.27. The van der Waals surface area contributed by atoms with Crippen molar-refractivity contribution in [2.45, 2.75) is 11.3 Å². The highest BCUT2D eigenvalue weighted by Crippen LogP contribution is 2.35. The third kappa shape index (κ3) is 3.16. The lowest BCUT2D eigenvalue weighted by Crippen LogP contribution is -2.23. The van der Waals surface area contributed by atoms with Gasteiger partial charge in [-0.05, 0) is 12.1 Å². The number of carbonyl (C=O) groups excluding carboxylic acids is 1. The fraction of sp³-hybridized carbons (Fsp3) is 0.357. The van der Waals surface area contributed by atoms with Crippen LogP contribution in [0.1, 0.15) is 12.0 Å². The molecule has 8 heteroatoms. The van der Waals surface area contributed by atoms with Crippen LogP contribution in [0.3, 0.4) is 0 Å². The van der Waals surface area contributed by atoms with Gasteiger partial charge in [-0.1, -0.05) is 23.9 Å². The Balaban J connectivity index is 1.64. The zero-order valence-electron chi connectivity index (χ0n) is 12.2. The summed E-state index contributed by atoms with van der Waals surface area (Å²) in [5.74, 6) is 1.92. The molecule has 0 N–H and O–H groups in total. The van der Waals surface area contributed by atoms with Gasteiger partial charge in [-0.2, -0.15) is 0 Å². The summed E-state index contributed by atoms with van der Waals surface area (Å²) < 4.78 is 16.9. The summed E-state index contributed by atoms with van der Waals surface area (Å²) in [7, 11) is 3.40. The van der Waals surface area contributed by atoms with E-state index in [1.165, 1.54) is 16.7 Å². The minimum atomic E-state index is -0.443. The Bertz CT molecular complexity index is 674. The van der Waals surface area contributed by atoms with E-state index >= 15 is 0 Å². The van der Waals surface area contributed by atoms with E-state index in [1.54, 1.807) is 14.1 Å². The first-order chi connectivity index (χ1) is 10.6. The van der Waals surface area contributed by atoms with Crippen molar-refractivity contribution in [3.8, 4) is 11.5 Å². The van der Waals surface area contributed by atoms with E-state index in [0.717, 1.165) is 0 Å². The highest BCUT2D eigenvalue weighted by Gasteiger charge is 2.27. The number of hydrogen-bond donors (Lipinski definition) is 0. The molecule has 22 heavy (non-hydrogen) atoms. The monoisotopic (exact) mass is 321 g/mol. The number of carbonyl (C=O) groups is 1. The highest BCUT2D eigenvalue weighted by atomic mass is 32.2. The lowest BCUT2D eigenvalue weighted by Gasteiger charge is -2.23. The van der Waals surface area contributed by atoms with Crippen LogP contribution in [0.5, 0.6) is 11.5 Å². The van der Waals surface area contributed by atoms with Gasteiger partial charge in [-0.15, -0.1) is 10.2 Å². The lowest BCUT2D eigenvalue weighted by atomic mass is 10.2. The average molecular weight is 321 g/mol. The molecule has 7 nitrogen and oxygen atoms in total. The molecule has 1 aliphatic rings. The van der Waals surface area contributed by atoms with E-state index < -0.39 is 6.10 Å². The number of rotatable bonds is 4. The molecule has 0 radical (unpaired) electrons. The molecule has 1 aromatic carbocycles. The molecule has 1 unspecified atom stereocenters. The van der Waals surface area contributed by atoms with Gasteiger partial charge in [0.25, 0.3) is 11.1 Å². The number of hydrogen-bond acceptors (Lipinski definition) is 7. The third-order valence-corrected chi connectivity index (χ3v) is 3.83. The number of benzene rings is 1. The Hall–Kier alpha value is -2.22. The summed E-state index contributed by atoms with van der Waals surface area (Å²) in [5, 5.41) is 8.23. The second-order valence-electron chi connectivity index (χ2n) is 4.85. The van der Waals surface area contributed by atoms with Crippen LogP contribution in [0, 0.1) is 0 Å². The number of para-hydroxylation sites is 2. The molecule has 1 atom stereocenters. The van der Waals surface area contributed by atoms with E-state index in [4.69, 9.17) is 13.9 Å². The van der Waals surface area contributed by atoms with Crippen molar-refractivity contribution in [3.63, 3.8) is 0 Å². The maximum Gasteiger partial charge on any atom is 0.277 e. The zero-order valence-corrected chi connectivity index (χ0v) is 13.0. The van der Waals surface area contributed by atoms with Crippen LogP contribution in [0.15, 0.2) is 33.9 Å². The fourth-order valence-corrected chi connectivity index (χ4v) is 2.55. The topological polar surface area (TPSA) is 77.7 Å². The van der Waals surface area contributed by atoms with Gasteiger partial charge in [0.1, 0.15) is 6.61 Å². The molecule has 0 spiro atoms. The van der Waals surface area contributed by atoms with E-state index in [9.17, 15) is 4.79 Å². The SMILES string of the molecule is CN(C)C(=O)CSc1nnc(C2COc3ccccc3O2)o1. The summed E-state index contributed by atoms with van der Waals surface area (Å²) in [4.78, 5) is 13.0. The van der Waals surface area contributed by atoms with Gasteiger partial charge >= 0.3 is 0 Å². The van der Waals surface area contributed by atoms with Gasteiger partial charge in [0, 0.05) is 14.1 Å². The van der Waals surface area contributed by atoms with Crippen molar-refractivity contribution in [2.24, 2.45) is 0 Å². The number of nitrogens with zero attached hydrogens (tertiary/aromatic N) is 3. The molecule has 116 valence electrons. The van der Waals surface area contributed by atoms with Crippen LogP contribution < -0.4 is 9.47 Å². The molecule has 1 aromatic heterocycles. The van der Waals surface area contributed by atoms with Crippen molar-refractivity contribution in [2.75, 3.05) is 26.5 Å². The van der Waals surface area contributed by atoms with E-state index in [0.29, 0.717) is 29.2 Å². The van der Waals surface area contributed by atoms with Crippen LogP contribution in [-0.2, 0) is 4.79 Å². The molecule has 0 aliphatic carbocycles. The van der Waals surface area contributed by atoms with Crippen molar-refractivity contribution in [1.29, 1.82) is 0 Å². The normalized spacial score (nSPS) is 16.4. The standard InChI is InChI=1S/C14H15N3O4S/c1-17(2)12(18)8-22-14-16-15-13(21-14)11-7-19-9-5-3-4-6-10(9)20-11/h3-6,11H,7-8H2,1-2H3. The highest BCUT2D eigenvalue weighted by molar-refractivity contribution is 7.99. The quantitative estimate of drug-likeness (QED) is 0.794. The number of fused-ring (bicyclic) bond motifs is 1. The summed E-state index contributed by atoms with van der Waals surface area (Å²) >= 11 is 1.20. The smallest absolute Gasteiger partial charge is 0.277 e.